The van der Waals surface area contributed by atoms with Gasteiger partial charge in [0.25, 0.3) is 0 Å². The Morgan fingerprint density at radius 1 is 1.41 bits per heavy atom. The van der Waals surface area contributed by atoms with Gasteiger partial charge in [-0.1, -0.05) is 22.1 Å². The average molecular weight is 276 g/mol. The molecule has 0 bridgehead atoms. The highest BCUT2D eigenvalue weighted by atomic mass is 35.5. The second-order valence-corrected chi connectivity index (χ2v) is 6.95. The number of nitrogens with zero attached hydrogens (tertiary/aromatic N) is 1. The fourth-order valence-corrected chi connectivity index (χ4v) is 1.89. The van der Waals surface area contributed by atoms with Gasteiger partial charge in [0.1, 0.15) is 16.1 Å². The van der Waals surface area contributed by atoms with Crippen LogP contribution >= 0.6 is 11.6 Å². The van der Waals surface area contributed by atoms with Crippen molar-refractivity contribution in [3.05, 3.63) is 34.6 Å². The van der Waals surface area contributed by atoms with Crippen LogP contribution in [0.1, 0.15) is 33.3 Å². The summed E-state index contributed by atoms with van der Waals surface area (Å²) >= 11 is 4.27. The van der Waals surface area contributed by atoms with Gasteiger partial charge >= 0.3 is 0 Å². The highest BCUT2D eigenvalue weighted by Crippen LogP contribution is 2.21. The molecule has 94 valence electrons. The molecule has 0 saturated carbocycles. The van der Waals surface area contributed by atoms with Crippen LogP contribution in [0.5, 0.6) is 0 Å². The van der Waals surface area contributed by atoms with Crippen LogP contribution in [0.25, 0.3) is 0 Å². The van der Waals surface area contributed by atoms with E-state index in [1.165, 1.54) is 6.07 Å². The van der Waals surface area contributed by atoms with Gasteiger partial charge in [-0.05, 0) is 39.8 Å². The maximum atomic E-state index is 13.7. The average Bonchev–Trinajstić information content (AvgIpc) is 2.20. The van der Waals surface area contributed by atoms with Gasteiger partial charge in [-0.15, -0.1) is 0 Å². The van der Waals surface area contributed by atoms with E-state index < -0.39 is 21.9 Å². The molecule has 5 heteroatoms. The molecule has 17 heavy (non-hydrogen) atoms. The quantitative estimate of drug-likeness (QED) is 0.598. The third-order valence-corrected chi connectivity index (χ3v) is 3.86. The number of hydrogen-bond donors (Lipinski definition) is 0. The van der Waals surface area contributed by atoms with Crippen molar-refractivity contribution < 1.29 is 8.94 Å². The summed E-state index contributed by atoms with van der Waals surface area (Å²) < 4.78 is 29.0. The Morgan fingerprint density at radius 2 is 2.00 bits per heavy atom. The van der Waals surface area contributed by atoms with Crippen molar-refractivity contribution in [2.24, 2.45) is 4.40 Å². The van der Waals surface area contributed by atoms with Gasteiger partial charge in [-0.3, -0.25) is 0 Å². The highest BCUT2D eigenvalue weighted by molar-refractivity contribution is 7.91. The van der Waals surface area contributed by atoms with E-state index in [0.29, 0.717) is 5.71 Å². The van der Waals surface area contributed by atoms with Crippen LogP contribution in [0.15, 0.2) is 22.6 Å². The number of benzene rings is 1. The first kappa shape index (κ1) is 14.5. The summed E-state index contributed by atoms with van der Waals surface area (Å²) in [5, 5.41) is 0.0404. The molecule has 0 saturated heterocycles. The van der Waals surface area contributed by atoms with Crippen molar-refractivity contribution in [2.75, 3.05) is 0 Å². The van der Waals surface area contributed by atoms with Crippen LogP contribution in [-0.4, -0.2) is 15.0 Å². The lowest BCUT2D eigenvalue weighted by Crippen LogP contribution is -2.26. The molecule has 1 aromatic rings. The van der Waals surface area contributed by atoms with Crippen LogP contribution in [0, 0.1) is 5.82 Å². The molecule has 0 aliphatic rings. The summed E-state index contributed by atoms with van der Waals surface area (Å²) in [7, 11) is 0. The van der Waals surface area contributed by atoms with Crippen molar-refractivity contribution in [2.45, 2.75) is 32.4 Å². The smallest absolute Gasteiger partial charge is 0.150 e. The van der Waals surface area contributed by atoms with Crippen LogP contribution in [0.4, 0.5) is 4.39 Å². The molecule has 0 fully saturated rings. The summed E-state index contributed by atoms with van der Waals surface area (Å²) in [6, 6.07) is 4.67. The monoisotopic (exact) mass is 275 g/mol. The van der Waals surface area contributed by atoms with E-state index in [9.17, 15) is 8.94 Å². The predicted octanol–water partition coefficient (Wildman–Crippen LogP) is 3.75. The summed E-state index contributed by atoms with van der Waals surface area (Å²) in [6.45, 7) is 7.06. The van der Waals surface area contributed by atoms with Crippen LogP contribution < -0.4 is 0 Å². The summed E-state index contributed by atoms with van der Waals surface area (Å²) in [5.74, 6) is -0.527. The molecule has 0 radical (unpaired) electrons. The molecule has 0 N–H and O–H groups in total. The second-order valence-electron chi connectivity index (χ2n) is 4.64. The standard InChI is InChI=1S/C12H15ClFNOS/c1-8(15-17(16)12(2,3)4)9-6-5-7-10(13)11(9)14/h5-7H,1-4H3/b15-8-/t17-/m1/s1. The molecule has 1 aromatic carbocycles. The maximum absolute atomic E-state index is 13.7. The first-order chi connectivity index (χ1) is 7.73. The van der Waals surface area contributed by atoms with Gasteiger partial charge in [0.2, 0.25) is 0 Å². The topological polar surface area (TPSA) is 35.4 Å². The number of rotatable bonds is 2. The van der Waals surface area contributed by atoms with E-state index in [4.69, 9.17) is 11.6 Å². The van der Waals surface area contributed by atoms with Gasteiger partial charge < -0.3 is 4.55 Å². The van der Waals surface area contributed by atoms with Crippen LogP contribution in [-0.2, 0) is 11.4 Å². The summed E-state index contributed by atoms with van der Waals surface area (Å²) in [4.78, 5) is 0. The second kappa shape index (κ2) is 5.38. The van der Waals surface area contributed by atoms with E-state index in [-0.39, 0.29) is 10.6 Å². The zero-order chi connectivity index (χ0) is 13.2. The molecule has 1 atom stereocenters. The Morgan fingerprint density at radius 3 is 2.53 bits per heavy atom. The van der Waals surface area contributed by atoms with Crippen molar-refractivity contribution in [3.63, 3.8) is 0 Å². The van der Waals surface area contributed by atoms with E-state index in [2.05, 4.69) is 4.40 Å². The first-order valence-electron chi connectivity index (χ1n) is 5.15. The predicted molar refractivity (Wildman–Crippen MR) is 71.5 cm³/mol. The summed E-state index contributed by atoms with van der Waals surface area (Å²) in [6.07, 6.45) is 0. The SMILES string of the molecule is C/C(=N/[S@+]([O-])C(C)(C)C)c1cccc(Cl)c1F. The lowest BCUT2D eigenvalue weighted by Gasteiger charge is -2.18. The Kier molecular flexibility index (Phi) is 4.58. The first-order valence-corrected chi connectivity index (χ1v) is 6.63. The fraction of sp³-hybridized carbons (Fsp3) is 0.417. The minimum Gasteiger partial charge on any atom is -0.591 e. The van der Waals surface area contributed by atoms with Gasteiger partial charge in [0.05, 0.1) is 10.7 Å². The molecule has 2 nitrogen and oxygen atoms in total. The lowest BCUT2D eigenvalue weighted by atomic mass is 10.1. The van der Waals surface area contributed by atoms with E-state index >= 15 is 0 Å². The van der Waals surface area contributed by atoms with Crippen molar-refractivity contribution >= 4 is 28.7 Å². The van der Waals surface area contributed by atoms with Gasteiger partial charge in [0, 0.05) is 5.56 Å². The Hall–Kier alpha value is -0.580. The molecule has 1 rings (SSSR count). The molecule has 0 aromatic heterocycles. The largest absolute Gasteiger partial charge is 0.591 e. The normalized spacial score (nSPS) is 14.9. The maximum Gasteiger partial charge on any atom is 0.150 e. The Balaban J connectivity index is 3.09. The van der Waals surface area contributed by atoms with Crippen LogP contribution in [0.3, 0.4) is 0 Å². The third kappa shape index (κ3) is 3.69. The molecule has 0 unspecified atom stereocenters. The highest BCUT2D eigenvalue weighted by Gasteiger charge is 2.27. The Bertz CT molecular complexity index is 443. The molecule has 0 amide bonds. The van der Waals surface area contributed by atoms with Crippen molar-refractivity contribution in [1.82, 2.24) is 0 Å². The molecular formula is C12H15ClFNOS. The molecule has 0 spiro atoms. The third-order valence-electron chi connectivity index (χ3n) is 2.09. The van der Waals surface area contributed by atoms with Crippen LogP contribution in [0.2, 0.25) is 5.02 Å². The van der Waals surface area contributed by atoms with Gasteiger partial charge in [0.15, 0.2) is 5.82 Å². The molecule has 0 aliphatic heterocycles. The fourth-order valence-electron chi connectivity index (χ4n) is 1.09. The molecular weight excluding hydrogens is 261 g/mol. The zero-order valence-corrected chi connectivity index (χ0v) is 11.8. The minimum atomic E-state index is -1.40. The molecule has 0 heterocycles. The van der Waals surface area contributed by atoms with E-state index in [1.54, 1.807) is 19.1 Å². The van der Waals surface area contributed by atoms with E-state index in [1.807, 2.05) is 20.8 Å². The van der Waals surface area contributed by atoms with E-state index in [0.717, 1.165) is 0 Å². The lowest BCUT2D eigenvalue weighted by molar-refractivity contribution is 0.561. The van der Waals surface area contributed by atoms with Gasteiger partial charge in [-0.25, -0.2) is 4.39 Å². The number of hydrogen-bond acceptors (Lipinski definition) is 2. The summed E-state index contributed by atoms with van der Waals surface area (Å²) in [5.41, 5.74) is 0.674. The number of halogens is 2. The molecule has 0 aliphatic carbocycles. The zero-order valence-electron chi connectivity index (χ0n) is 10.3. The van der Waals surface area contributed by atoms with Crippen molar-refractivity contribution in [1.29, 1.82) is 0 Å². The minimum absolute atomic E-state index is 0.0404. The Labute approximate surface area is 109 Å². The van der Waals surface area contributed by atoms with Gasteiger partial charge in [-0.2, -0.15) is 0 Å². The van der Waals surface area contributed by atoms with Crippen molar-refractivity contribution in [3.8, 4) is 0 Å².